The summed E-state index contributed by atoms with van der Waals surface area (Å²) in [5.74, 6) is 0.582. The number of nitrogens with zero attached hydrogens (tertiary/aromatic N) is 1. The summed E-state index contributed by atoms with van der Waals surface area (Å²) < 4.78 is 51.1. The molecule has 0 radical (unpaired) electrons. The molecule has 0 amide bonds. The van der Waals surface area contributed by atoms with Crippen LogP contribution in [0.3, 0.4) is 0 Å². The van der Waals surface area contributed by atoms with Gasteiger partial charge in [0, 0.05) is 18.9 Å². The number of hydrogen-bond acceptors (Lipinski definition) is 7. The first-order chi connectivity index (χ1) is 14.0. The molecule has 4 rings (SSSR count). The second-order valence-corrected chi connectivity index (χ2v) is 7.01. The highest BCUT2D eigenvalue weighted by Gasteiger charge is 2.43. The van der Waals surface area contributed by atoms with E-state index in [4.69, 9.17) is 14.0 Å². The van der Waals surface area contributed by atoms with E-state index in [0.29, 0.717) is 63.4 Å². The van der Waals surface area contributed by atoms with E-state index < -0.39 is 6.29 Å². The van der Waals surface area contributed by atoms with Crippen molar-refractivity contribution in [2.75, 3.05) is 19.8 Å². The molecule has 2 aliphatic rings. The van der Waals surface area contributed by atoms with Crippen molar-refractivity contribution in [3.05, 3.63) is 41.3 Å². The number of ether oxygens (including phenoxy) is 4. The molecule has 0 saturated carbocycles. The van der Waals surface area contributed by atoms with Crippen LogP contribution in [0.1, 0.15) is 41.1 Å². The third-order valence-electron chi connectivity index (χ3n) is 4.78. The maximum atomic E-state index is 13.1. The summed E-state index contributed by atoms with van der Waals surface area (Å²) >= 11 is 0. The van der Waals surface area contributed by atoms with E-state index in [1.165, 1.54) is 6.07 Å². The highest BCUT2D eigenvalue weighted by molar-refractivity contribution is 5.94. The Balaban J connectivity index is 1.23. The summed E-state index contributed by atoms with van der Waals surface area (Å²) in [6.45, 7) is 1.66. The van der Waals surface area contributed by atoms with Gasteiger partial charge in [0.25, 0.3) is 0 Å². The van der Waals surface area contributed by atoms with Gasteiger partial charge in [0.05, 0.1) is 25.9 Å². The van der Waals surface area contributed by atoms with Crippen LogP contribution in [-0.4, -0.2) is 43.2 Å². The number of Topliss-reactive ketones (excluding diaryl/α,β-unsaturated/α-hetero) is 1. The number of hydrogen-bond donors (Lipinski definition) is 0. The number of carbonyl (C=O) groups is 1. The van der Waals surface area contributed by atoms with Crippen molar-refractivity contribution in [3.8, 4) is 11.5 Å². The summed E-state index contributed by atoms with van der Waals surface area (Å²) in [5.41, 5.74) is 1.15. The van der Waals surface area contributed by atoms with E-state index in [2.05, 4.69) is 14.6 Å². The van der Waals surface area contributed by atoms with Crippen LogP contribution in [-0.2, 0) is 22.3 Å². The first-order valence-corrected chi connectivity index (χ1v) is 9.55. The lowest BCUT2D eigenvalue weighted by molar-refractivity contribution is -0.286. The van der Waals surface area contributed by atoms with Gasteiger partial charge in [-0.15, -0.1) is 8.78 Å². The molecule has 0 spiro atoms. The molecule has 2 aromatic rings. The van der Waals surface area contributed by atoms with Crippen LogP contribution in [0.25, 0.3) is 0 Å². The number of halogens is 2. The van der Waals surface area contributed by atoms with Crippen LogP contribution in [0, 0.1) is 0 Å². The van der Waals surface area contributed by atoms with Gasteiger partial charge < -0.3 is 23.5 Å². The van der Waals surface area contributed by atoms with Crippen LogP contribution in [0.5, 0.6) is 11.5 Å². The Morgan fingerprint density at radius 1 is 1.14 bits per heavy atom. The van der Waals surface area contributed by atoms with Crippen molar-refractivity contribution >= 4 is 5.78 Å². The fourth-order valence-electron chi connectivity index (χ4n) is 3.30. The SMILES string of the molecule is O=C(CCC1COCCO1)c1cc(CCCc2ccc3c(c2)OC(F)(F)O3)on1. The predicted molar refractivity (Wildman–Crippen MR) is 95.3 cm³/mol. The second-order valence-electron chi connectivity index (χ2n) is 7.01. The minimum absolute atomic E-state index is 0.0299. The number of rotatable bonds is 8. The van der Waals surface area contributed by atoms with Crippen molar-refractivity contribution in [1.82, 2.24) is 5.16 Å². The van der Waals surface area contributed by atoms with Crippen LogP contribution in [0.2, 0.25) is 0 Å². The first-order valence-electron chi connectivity index (χ1n) is 9.55. The number of aromatic nitrogens is 1. The van der Waals surface area contributed by atoms with E-state index in [9.17, 15) is 13.6 Å². The van der Waals surface area contributed by atoms with Crippen molar-refractivity contribution in [2.24, 2.45) is 0 Å². The molecule has 156 valence electrons. The fraction of sp³-hybridized carbons (Fsp3) is 0.500. The molecule has 0 N–H and O–H groups in total. The monoisotopic (exact) mass is 409 g/mol. The molecule has 1 aromatic heterocycles. The van der Waals surface area contributed by atoms with E-state index >= 15 is 0 Å². The van der Waals surface area contributed by atoms with Gasteiger partial charge in [-0.3, -0.25) is 4.79 Å². The lowest BCUT2D eigenvalue weighted by Crippen LogP contribution is -2.29. The lowest BCUT2D eigenvalue weighted by atomic mass is 10.1. The van der Waals surface area contributed by atoms with Crippen molar-refractivity contribution in [2.45, 2.75) is 44.5 Å². The Kier molecular flexibility index (Phi) is 5.77. The summed E-state index contributed by atoms with van der Waals surface area (Å²) in [5, 5.41) is 3.85. The van der Waals surface area contributed by atoms with E-state index in [-0.39, 0.29) is 23.4 Å². The van der Waals surface area contributed by atoms with E-state index in [1.54, 1.807) is 18.2 Å². The maximum absolute atomic E-state index is 13.1. The van der Waals surface area contributed by atoms with Gasteiger partial charge in [-0.25, -0.2) is 0 Å². The zero-order chi connectivity index (χ0) is 20.3. The number of ketones is 1. The quantitative estimate of drug-likeness (QED) is 0.617. The van der Waals surface area contributed by atoms with Gasteiger partial charge in [-0.2, -0.15) is 0 Å². The molecule has 29 heavy (non-hydrogen) atoms. The van der Waals surface area contributed by atoms with Crippen LogP contribution >= 0.6 is 0 Å². The molecule has 1 saturated heterocycles. The molecule has 0 bridgehead atoms. The Bertz CT molecular complexity index is 862. The average molecular weight is 409 g/mol. The summed E-state index contributed by atoms with van der Waals surface area (Å²) in [7, 11) is 0. The molecule has 9 heteroatoms. The molecular weight excluding hydrogens is 388 g/mol. The lowest BCUT2D eigenvalue weighted by Gasteiger charge is -2.22. The fourth-order valence-corrected chi connectivity index (χ4v) is 3.30. The third kappa shape index (κ3) is 5.10. The van der Waals surface area contributed by atoms with Gasteiger partial charge in [0.2, 0.25) is 0 Å². The Hall–Kier alpha value is -2.52. The minimum atomic E-state index is -3.61. The third-order valence-corrected chi connectivity index (χ3v) is 4.78. The second kappa shape index (κ2) is 8.46. The van der Waals surface area contributed by atoms with Crippen molar-refractivity contribution < 1.29 is 37.0 Å². The largest absolute Gasteiger partial charge is 0.586 e. The van der Waals surface area contributed by atoms with E-state index in [0.717, 1.165) is 5.56 Å². The topological polar surface area (TPSA) is 80.0 Å². The summed E-state index contributed by atoms with van der Waals surface area (Å²) in [6, 6.07) is 6.39. The van der Waals surface area contributed by atoms with Gasteiger partial charge in [-0.1, -0.05) is 11.2 Å². The smallest absolute Gasteiger partial charge is 0.395 e. The molecule has 2 aliphatic heterocycles. The molecule has 7 nitrogen and oxygen atoms in total. The van der Waals surface area contributed by atoms with Crippen molar-refractivity contribution in [3.63, 3.8) is 0 Å². The average Bonchev–Trinajstić information content (AvgIpc) is 3.29. The Morgan fingerprint density at radius 3 is 2.83 bits per heavy atom. The zero-order valence-corrected chi connectivity index (χ0v) is 15.7. The predicted octanol–water partition coefficient (Wildman–Crippen LogP) is 3.55. The van der Waals surface area contributed by atoms with Gasteiger partial charge in [0.1, 0.15) is 11.5 Å². The molecular formula is C20H21F2NO6. The van der Waals surface area contributed by atoms with Gasteiger partial charge in [-0.05, 0) is 37.0 Å². The van der Waals surface area contributed by atoms with Gasteiger partial charge >= 0.3 is 6.29 Å². The Labute approximate surface area is 165 Å². The zero-order valence-electron chi connectivity index (χ0n) is 15.7. The minimum Gasteiger partial charge on any atom is -0.395 e. The van der Waals surface area contributed by atoms with Crippen LogP contribution in [0.4, 0.5) is 8.78 Å². The van der Waals surface area contributed by atoms with Crippen LogP contribution in [0.15, 0.2) is 28.8 Å². The van der Waals surface area contributed by atoms with Gasteiger partial charge in [0.15, 0.2) is 17.3 Å². The highest BCUT2D eigenvalue weighted by atomic mass is 19.3. The standard InChI is InChI=1S/C20H21F2NO6/c21-20(22)27-18-7-4-13(10-19(18)28-20)2-1-3-14-11-16(23-29-14)17(24)6-5-15-12-25-8-9-26-15/h4,7,10-11,15H,1-3,5-6,8-9,12H2. The summed E-state index contributed by atoms with van der Waals surface area (Å²) in [6.07, 6.45) is -0.853. The molecule has 3 heterocycles. The number of alkyl halides is 2. The molecule has 1 fully saturated rings. The molecule has 1 aromatic carbocycles. The van der Waals surface area contributed by atoms with Crippen LogP contribution < -0.4 is 9.47 Å². The van der Waals surface area contributed by atoms with Crippen molar-refractivity contribution in [1.29, 1.82) is 0 Å². The van der Waals surface area contributed by atoms with E-state index in [1.807, 2.05) is 0 Å². The number of benzene rings is 1. The number of carbonyl (C=O) groups excluding carboxylic acids is 1. The Morgan fingerprint density at radius 2 is 2.00 bits per heavy atom. The molecule has 1 atom stereocenters. The number of aryl methyl sites for hydroxylation is 2. The normalized spacial score (nSPS) is 20.0. The molecule has 1 unspecified atom stereocenters. The highest BCUT2D eigenvalue weighted by Crippen LogP contribution is 2.41. The maximum Gasteiger partial charge on any atom is 0.586 e. The molecule has 0 aliphatic carbocycles. The number of fused-ring (bicyclic) bond motifs is 1. The summed E-state index contributed by atoms with van der Waals surface area (Å²) in [4.78, 5) is 12.3. The first kappa shape index (κ1) is 19.8.